The van der Waals surface area contributed by atoms with Crippen LogP contribution in [-0.2, 0) is 9.53 Å². The molecule has 0 N–H and O–H groups in total. The lowest BCUT2D eigenvalue weighted by Crippen LogP contribution is -2.49. The number of carbonyl (C=O) groups excluding carboxylic acids is 1. The van der Waals surface area contributed by atoms with Crippen molar-refractivity contribution < 1.29 is 9.53 Å². The molecule has 94 valence electrons. The summed E-state index contributed by atoms with van der Waals surface area (Å²) in [5.74, 6) is -0.293. The molecule has 0 aromatic carbocycles. The zero-order chi connectivity index (χ0) is 12.9. The molecular formula is C13H26O2Si. The Kier molecular flexibility index (Phi) is 6.01. The van der Waals surface area contributed by atoms with Crippen LogP contribution in [0, 0.1) is 0 Å². The quantitative estimate of drug-likeness (QED) is 0.401. The van der Waals surface area contributed by atoms with Gasteiger partial charge >= 0.3 is 5.97 Å². The topological polar surface area (TPSA) is 26.3 Å². The summed E-state index contributed by atoms with van der Waals surface area (Å²) in [5, 5.41) is 0. The summed E-state index contributed by atoms with van der Waals surface area (Å²) >= 11 is 0. The zero-order valence-corrected chi connectivity index (χ0v) is 12.5. The van der Waals surface area contributed by atoms with E-state index in [0.29, 0.717) is 22.9 Å². The van der Waals surface area contributed by atoms with E-state index in [2.05, 4.69) is 48.1 Å². The van der Waals surface area contributed by atoms with E-state index in [-0.39, 0.29) is 5.97 Å². The molecule has 0 unspecified atom stereocenters. The second kappa shape index (κ2) is 6.23. The zero-order valence-electron chi connectivity index (χ0n) is 11.5. The van der Waals surface area contributed by atoms with Crippen LogP contribution in [0.5, 0.6) is 0 Å². The molecule has 0 atom stereocenters. The normalized spacial score (nSPS) is 12.3. The smallest absolute Gasteiger partial charge is 0.329 e. The third-order valence-corrected chi connectivity index (χ3v) is 10.9. The van der Waals surface area contributed by atoms with Crippen molar-refractivity contribution in [2.24, 2.45) is 0 Å². The summed E-state index contributed by atoms with van der Waals surface area (Å²) in [7, 11) is -1.60. The fraction of sp³-hybridized carbons (Fsp3) is 0.769. The molecular weight excluding hydrogens is 216 g/mol. The van der Waals surface area contributed by atoms with Gasteiger partial charge in [0.2, 0.25) is 0 Å². The Morgan fingerprint density at radius 1 is 1.12 bits per heavy atom. The molecule has 0 heterocycles. The van der Waals surface area contributed by atoms with Crippen molar-refractivity contribution in [3.8, 4) is 0 Å². The van der Waals surface area contributed by atoms with E-state index in [1.807, 2.05) is 0 Å². The summed E-state index contributed by atoms with van der Waals surface area (Å²) in [6, 6.07) is 0. The van der Waals surface area contributed by atoms with Crippen molar-refractivity contribution in [2.45, 2.75) is 58.2 Å². The van der Waals surface area contributed by atoms with Gasteiger partial charge in [-0.15, -0.1) is 0 Å². The van der Waals surface area contributed by atoms with E-state index in [1.165, 1.54) is 6.08 Å². The summed E-state index contributed by atoms with van der Waals surface area (Å²) in [4.78, 5) is 11.2. The standard InChI is InChI=1S/C13H26O2Si/c1-8-13(14)15-9-16(10(2)3,11(4)5)12(6)7/h8,10-12H,1,9H2,2-7H3. The monoisotopic (exact) mass is 242 g/mol. The van der Waals surface area contributed by atoms with E-state index in [1.54, 1.807) is 0 Å². The summed E-state index contributed by atoms with van der Waals surface area (Å²) in [6.07, 6.45) is 1.87. The van der Waals surface area contributed by atoms with E-state index in [9.17, 15) is 4.79 Å². The highest BCUT2D eigenvalue weighted by atomic mass is 28.3. The SMILES string of the molecule is C=CC(=O)OC[Si](C(C)C)(C(C)C)C(C)C. The van der Waals surface area contributed by atoms with Crippen LogP contribution in [0.1, 0.15) is 41.5 Å². The minimum Gasteiger partial charge on any atom is -0.466 e. The average Bonchev–Trinajstić information content (AvgIpc) is 2.16. The van der Waals surface area contributed by atoms with Crippen molar-refractivity contribution in [1.82, 2.24) is 0 Å². The molecule has 0 fully saturated rings. The van der Waals surface area contributed by atoms with E-state index in [0.717, 1.165) is 0 Å². The van der Waals surface area contributed by atoms with Gasteiger partial charge in [-0.1, -0.05) is 48.1 Å². The second-order valence-electron chi connectivity index (χ2n) is 5.39. The van der Waals surface area contributed by atoms with Crippen LogP contribution < -0.4 is 0 Å². The fourth-order valence-electron chi connectivity index (χ4n) is 2.76. The third-order valence-electron chi connectivity index (χ3n) is 3.86. The van der Waals surface area contributed by atoms with E-state index >= 15 is 0 Å². The largest absolute Gasteiger partial charge is 0.466 e. The highest BCUT2D eigenvalue weighted by Crippen LogP contribution is 2.41. The van der Waals surface area contributed by atoms with Gasteiger partial charge in [0.1, 0.15) is 8.07 Å². The molecule has 0 radical (unpaired) electrons. The van der Waals surface area contributed by atoms with Crippen LogP contribution in [-0.4, -0.2) is 20.3 Å². The Hall–Kier alpha value is -0.573. The maximum Gasteiger partial charge on any atom is 0.329 e. The van der Waals surface area contributed by atoms with Gasteiger partial charge in [-0.05, 0) is 16.6 Å². The molecule has 16 heavy (non-hydrogen) atoms. The van der Waals surface area contributed by atoms with Crippen LogP contribution in [0.25, 0.3) is 0 Å². The average molecular weight is 242 g/mol. The van der Waals surface area contributed by atoms with Crippen molar-refractivity contribution in [3.05, 3.63) is 12.7 Å². The first kappa shape index (κ1) is 15.4. The predicted molar refractivity (Wildman–Crippen MR) is 72.2 cm³/mol. The molecule has 0 saturated heterocycles. The summed E-state index contributed by atoms with van der Waals surface area (Å²) in [6.45, 7) is 17.0. The number of hydrogen-bond donors (Lipinski definition) is 0. The molecule has 3 heteroatoms. The van der Waals surface area contributed by atoms with E-state index < -0.39 is 8.07 Å². The van der Waals surface area contributed by atoms with Gasteiger partial charge in [0, 0.05) is 6.08 Å². The van der Waals surface area contributed by atoms with Gasteiger partial charge in [0.05, 0.1) is 6.23 Å². The van der Waals surface area contributed by atoms with Crippen LogP contribution in [0.4, 0.5) is 0 Å². The predicted octanol–water partition coefficient (Wildman–Crippen LogP) is 3.93. The van der Waals surface area contributed by atoms with Crippen LogP contribution in [0.3, 0.4) is 0 Å². The van der Waals surface area contributed by atoms with Gasteiger partial charge in [0.15, 0.2) is 0 Å². The maximum absolute atomic E-state index is 11.2. The molecule has 2 nitrogen and oxygen atoms in total. The molecule has 0 aliphatic carbocycles. The highest BCUT2D eigenvalue weighted by Gasteiger charge is 2.43. The van der Waals surface area contributed by atoms with Gasteiger partial charge in [-0.2, -0.15) is 0 Å². The Balaban J connectivity index is 4.90. The molecule has 0 amide bonds. The van der Waals surface area contributed by atoms with Crippen molar-refractivity contribution in [1.29, 1.82) is 0 Å². The molecule has 0 bridgehead atoms. The first-order chi connectivity index (χ1) is 7.28. The van der Waals surface area contributed by atoms with Gasteiger partial charge in [0.25, 0.3) is 0 Å². The summed E-state index contributed by atoms with van der Waals surface area (Å²) < 4.78 is 5.35. The number of hydrogen-bond acceptors (Lipinski definition) is 2. The Morgan fingerprint density at radius 2 is 1.50 bits per heavy atom. The highest BCUT2D eigenvalue weighted by molar-refractivity contribution is 6.83. The van der Waals surface area contributed by atoms with Gasteiger partial charge < -0.3 is 4.74 Å². The van der Waals surface area contributed by atoms with Crippen molar-refractivity contribution in [3.63, 3.8) is 0 Å². The molecule has 0 spiro atoms. The lowest BCUT2D eigenvalue weighted by atomic mass is 10.5. The Bertz CT molecular complexity index is 223. The Morgan fingerprint density at radius 3 is 1.75 bits per heavy atom. The van der Waals surface area contributed by atoms with Gasteiger partial charge in [-0.3, -0.25) is 0 Å². The first-order valence-electron chi connectivity index (χ1n) is 6.08. The minimum absolute atomic E-state index is 0.293. The van der Waals surface area contributed by atoms with Crippen LogP contribution >= 0.6 is 0 Å². The van der Waals surface area contributed by atoms with Crippen molar-refractivity contribution in [2.75, 3.05) is 6.23 Å². The second-order valence-corrected chi connectivity index (χ2v) is 11.4. The first-order valence-corrected chi connectivity index (χ1v) is 8.52. The fourth-order valence-corrected chi connectivity index (χ4v) is 8.15. The maximum atomic E-state index is 11.2. The Labute approximate surface area is 101 Å². The number of carbonyl (C=O) groups is 1. The molecule has 0 aliphatic rings. The van der Waals surface area contributed by atoms with E-state index in [4.69, 9.17) is 4.74 Å². The third kappa shape index (κ3) is 3.21. The van der Waals surface area contributed by atoms with Crippen LogP contribution in [0.15, 0.2) is 12.7 Å². The molecule has 0 aromatic heterocycles. The van der Waals surface area contributed by atoms with Crippen LogP contribution in [0.2, 0.25) is 16.6 Å². The molecule has 0 aliphatic heterocycles. The molecule has 0 aromatic rings. The number of esters is 1. The van der Waals surface area contributed by atoms with Crippen molar-refractivity contribution >= 4 is 14.0 Å². The minimum atomic E-state index is -1.60. The lowest BCUT2D eigenvalue weighted by Gasteiger charge is -2.42. The van der Waals surface area contributed by atoms with Gasteiger partial charge in [-0.25, -0.2) is 4.79 Å². The number of rotatable bonds is 6. The lowest BCUT2D eigenvalue weighted by molar-refractivity contribution is -0.136. The molecule has 0 rings (SSSR count). The molecule has 0 saturated carbocycles. The number of ether oxygens (including phenoxy) is 1. The summed E-state index contributed by atoms with van der Waals surface area (Å²) in [5.41, 5.74) is 1.85.